The standard InChI is InChI=1S/C15H23BrN2O/c1-11(18-10-12-4-3-7-17-9-12)13-5-6-15(19-2)14(16)8-13/h5-6,8,11-12,17-18H,3-4,7,9-10H2,1-2H3. The van der Waals surface area contributed by atoms with Crippen LogP contribution >= 0.6 is 15.9 Å². The third kappa shape index (κ3) is 4.20. The fourth-order valence-electron chi connectivity index (χ4n) is 2.51. The van der Waals surface area contributed by atoms with Gasteiger partial charge in [-0.2, -0.15) is 0 Å². The molecule has 2 rings (SSSR count). The summed E-state index contributed by atoms with van der Waals surface area (Å²) >= 11 is 3.54. The van der Waals surface area contributed by atoms with E-state index < -0.39 is 0 Å². The molecule has 1 aromatic carbocycles. The Kier molecular flexibility index (Phi) is 5.67. The van der Waals surface area contributed by atoms with E-state index in [-0.39, 0.29) is 0 Å². The van der Waals surface area contributed by atoms with Crippen LogP contribution in [0.1, 0.15) is 31.4 Å². The van der Waals surface area contributed by atoms with Crippen LogP contribution in [0.3, 0.4) is 0 Å². The quantitative estimate of drug-likeness (QED) is 0.872. The first-order valence-electron chi connectivity index (χ1n) is 6.98. The van der Waals surface area contributed by atoms with Crippen molar-refractivity contribution in [3.05, 3.63) is 28.2 Å². The van der Waals surface area contributed by atoms with Crippen molar-refractivity contribution in [1.29, 1.82) is 0 Å². The van der Waals surface area contributed by atoms with E-state index in [9.17, 15) is 0 Å². The summed E-state index contributed by atoms with van der Waals surface area (Å²) in [6.07, 6.45) is 2.63. The molecule has 0 saturated carbocycles. The molecular weight excluding hydrogens is 304 g/mol. The fourth-order valence-corrected chi connectivity index (χ4v) is 3.07. The van der Waals surface area contributed by atoms with Gasteiger partial charge in [-0.3, -0.25) is 0 Å². The number of ether oxygens (including phenoxy) is 1. The predicted molar refractivity (Wildman–Crippen MR) is 82.7 cm³/mol. The normalized spacial score (nSPS) is 21.1. The van der Waals surface area contributed by atoms with Crippen LogP contribution in [-0.4, -0.2) is 26.7 Å². The van der Waals surface area contributed by atoms with Crippen molar-refractivity contribution in [3.63, 3.8) is 0 Å². The van der Waals surface area contributed by atoms with Gasteiger partial charge < -0.3 is 15.4 Å². The minimum absolute atomic E-state index is 0.365. The second-order valence-corrected chi connectivity index (χ2v) is 6.09. The molecule has 2 atom stereocenters. The predicted octanol–water partition coefficient (Wildman–Crippen LogP) is 3.11. The first-order valence-corrected chi connectivity index (χ1v) is 7.77. The molecule has 1 fully saturated rings. The Balaban J connectivity index is 1.88. The number of nitrogens with one attached hydrogen (secondary N) is 2. The molecule has 0 aliphatic carbocycles. The van der Waals surface area contributed by atoms with Gasteiger partial charge in [0, 0.05) is 6.04 Å². The van der Waals surface area contributed by atoms with E-state index in [4.69, 9.17) is 4.74 Å². The monoisotopic (exact) mass is 326 g/mol. The Hall–Kier alpha value is -0.580. The summed E-state index contributed by atoms with van der Waals surface area (Å²) in [5.41, 5.74) is 1.29. The average Bonchev–Trinajstić information content (AvgIpc) is 2.45. The highest BCUT2D eigenvalue weighted by atomic mass is 79.9. The first-order chi connectivity index (χ1) is 9.20. The molecule has 3 nitrogen and oxygen atoms in total. The summed E-state index contributed by atoms with van der Waals surface area (Å²) < 4.78 is 6.27. The average molecular weight is 327 g/mol. The van der Waals surface area contributed by atoms with Gasteiger partial charge in [0.1, 0.15) is 5.75 Å². The highest BCUT2D eigenvalue weighted by molar-refractivity contribution is 9.10. The smallest absolute Gasteiger partial charge is 0.133 e. The molecule has 4 heteroatoms. The molecule has 0 aromatic heterocycles. The first kappa shape index (κ1) is 14.8. The van der Waals surface area contributed by atoms with Crippen molar-refractivity contribution in [2.24, 2.45) is 5.92 Å². The van der Waals surface area contributed by atoms with Crippen LogP contribution in [0.25, 0.3) is 0 Å². The molecule has 0 bridgehead atoms. The summed E-state index contributed by atoms with van der Waals surface area (Å²) in [6, 6.07) is 6.64. The van der Waals surface area contributed by atoms with E-state index in [2.05, 4.69) is 45.6 Å². The van der Waals surface area contributed by atoms with Crippen molar-refractivity contribution < 1.29 is 4.74 Å². The third-order valence-corrected chi connectivity index (χ3v) is 4.41. The van der Waals surface area contributed by atoms with Crippen molar-refractivity contribution >= 4 is 15.9 Å². The van der Waals surface area contributed by atoms with E-state index >= 15 is 0 Å². The maximum atomic E-state index is 5.26. The topological polar surface area (TPSA) is 33.3 Å². The van der Waals surface area contributed by atoms with Crippen molar-refractivity contribution in [3.8, 4) is 5.75 Å². The van der Waals surface area contributed by atoms with Crippen LogP contribution < -0.4 is 15.4 Å². The van der Waals surface area contributed by atoms with Gasteiger partial charge in [0.25, 0.3) is 0 Å². The van der Waals surface area contributed by atoms with Crippen molar-refractivity contribution in [2.75, 3.05) is 26.7 Å². The number of benzene rings is 1. The van der Waals surface area contributed by atoms with E-state index in [0.29, 0.717) is 6.04 Å². The highest BCUT2D eigenvalue weighted by Crippen LogP contribution is 2.28. The zero-order chi connectivity index (χ0) is 13.7. The van der Waals surface area contributed by atoms with Crippen LogP contribution in [0.2, 0.25) is 0 Å². The number of hydrogen-bond donors (Lipinski definition) is 2. The minimum atomic E-state index is 0.365. The summed E-state index contributed by atoms with van der Waals surface area (Å²) in [7, 11) is 1.69. The Bertz CT molecular complexity index is 405. The number of rotatable bonds is 5. The Morgan fingerprint density at radius 2 is 2.37 bits per heavy atom. The number of halogens is 1. The molecule has 1 aliphatic rings. The van der Waals surface area contributed by atoms with Gasteiger partial charge in [-0.1, -0.05) is 6.07 Å². The van der Waals surface area contributed by atoms with E-state index in [1.54, 1.807) is 7.11 Å². The molecule has 1 heterocycles. The molecule has 1 saturated heterocycles. The Labute approximate surface area is 124 Å². The van der Waals surface area contributed by atoms with Gasteiger partial charge in [-0.05, 0) is 78.9 Å². The second-order valence-electron chi connectivity index (χ2n) is 5.24. The Morgan fingerprint density at radius 3 is 3.00 bits per heavy atom. The van der Waals surface area contributed by atoms with Gasteiger partial charge in [0.05, 0.1) is 11.6 Å². The SMILES string of the molecule is COc1ccc(C(C)NCC2CCCNC2)cc1Br. The van der Waals surface area contributed by atoms with Gasteiger partial charge in [0.2, 0.25) is 0 Å². The molecule has 1 aliphatic heterocycles. The van der Waals surface area contributed by atoms with E-state index in [1.165, 1.54) is 24.9 Å². The maximum Gasteiger partial charge on any atom is 0.133 e. The lowest BCUT2D eigenvalue weighted by Gasteiger charge is -2.25. The van der Waals surface area contributed by atoms with Gasteiger partial charge in [-0.25, -0.2) is 0 Å². The van der Waals surface area contributed by atoms with Crippen LogP contribution in [0.4, 0.5) is 0 Å². The summed E-state index contributed by atoms with van der Waals surface area (Å²) in [4.78, 5) is 0. The zero-order valence-corrected chi connectivity index (χ0v) is 13.3. The van der Waals surface area contributed by atoms with Gasteiger partial charge in [-0.15, -0.1) is 0 Å². The molecule has 0 radical (unpaired) electrons. The molecule has 2 unspecified atom stereocenters. The molecular formula is C15H23BrN2O. The van der Waals surface area contributed by atoms with Gasteiger partial charge >= 0.3 is 0 Å². The van der Waals surface area contributed by atoms with Crippen molar-refractivity contribution in [2.45, 2.75) is 25.8 Å². The lowest BCUT2D eigenvalue weighted by Crippen LogP contribution is -2.36. The molecule has 19 heavy (non-hydrogen) atoms. The fraction of sp³-hybridized carbons (Fsp3) is 0.600. The maximum absolute atomic E-state index is 5.26. The third-order valence-electron chi connectivity index (χ3n) is 3.79. The van der Waals surface area contributed by atoms with Crippen LogP contribution in [0.15, 0.2) is 22.7 Å². The van der Waals surface area contributed by atoms with Crippen LogP contribution in [0.5, 0.6) is 5.75 Å². The van der Waals surface area contributed by atoms with Crippen LogP contribution in [0, 0.1) is 5.92 Å². The Morgan fingerprint density at radius 1 is 1.53 bits per heavy atom. The number of methoxy groups -OCH3 is 1. The summed E-state index contributed by atoms with van der Waals surface area (Å²) in [5.74, 6) is 1.64. The minimum Gasteiger partial charge on any atom is -0.496 e. The van der Waals surface area contributed by atoms with Gasteiger partial charge in [0.15, 0.2) is 0 Å². The number of hydrogen-bond acceptors (Lipinski definition) is 3. The zero-order valence-electron chi connectivity index (χ0n) is 11.7. The largest absolute Gasteiger partial charge is 0.496 e. The molecule has 106 valence electrons. The van der Waals surface area contributed by atoms with E-state index in [1.807, 2.05) is 6.07 Å². The molecule has 1 aromatic rings. The van der Waals surface area contributed by atoms with E-state index in [0.717, 1.165) is 29.2 Å². The van der Waals surface area contributed by atoms with Crippen molar-refractivity contribution in [1.82, 2.24) is 10.6 Å². The number of piperidine rings is 1. The summed E-state index contributed by atoms with van der Waals surface area (Å²) in [5, 5.41) is 7.09. The van der Waals surface area contributed by atoms with Crippen LogP contribution in [-0.2, 0) is 0 Å². The summed E-state index contributed by atoms with van der Waals surface area (Å²) in [6.45, 7) is 5.62. The molecule has 2 N–H and O–H groups in total. The molecule has 0 spiro atoms. The lowest BCUT2D eigenvalue weighted by atomic mass is 9.99. The lowest BCUT2D eigenvalue weighted by molar-refractivity contribution is 0.348. The highest BCUT2D eigenvalue weighted by Gasteiger charge is 2.14. The molecule has 0 amide bonds. The second kappa shape index (κ2) is 7.27.